The van der Waals surface area contributed by atoms with Gasteiger partial charge >= 0.3 is 6.18 Å². The van der Waals surface area contributed by atoms with Gasteiger partial charge in [-0.15, -0.1) is 0 Å². The molecule has 0 aliphatic carbocycles. The van der Waals surface area contributed by atoms with Crippen molar-refractivity contribution < 1.29 is 27.8 Å². The second-order valence-electron chi connectivity index (χ2n) is 4.05. The quantitative estimate of drug-likeness (QED) is 0.781. The Bertz CT molecular complexity index is 381. The summed E-state index contributed by atoms with van der Waals surface area (Å²) in [5, 5.41) is 9.44. The third-order valence-electron chi connectivity index (χ3n) is 2.32. The van der Waals surface area contributed by atoms with Crippen LogP contribution in [0.2, 0.25) is 0 Å². The van der Waals surface area contributed by atoms with E-state index in [0.717, 1.165) is 6.92 Å². The van der Waals surface area contributed by atoms with Gasteiger partial charge in [-0.2, -0.15) is 13.2 Å². The summed E-state index contributed by atoms with van der Waals surface area (Å²) < 4.78 is 46.1. The summed E-state index contributed by atoms with van der Waals surface area (Å²) in [6.45, 7) is 0.275. The van der Waals surface area contributed by atoms with Crippen LogP contribution in [0.5, 0.6) is 5.75 Å². The molecular formula is C12H16F3NO3. The molecule has 2 unspecified atom stereocenters. The molecule has 0 saturated heterocycles. The van der Waals surface area contributed by atoms with Crippen molar-refractivity contribution in [2.45, 2.75) is 25.3 Å². The Morgan fingerprint density at radius 1 is 1.21 bits per heavy atom. The van der Waals surface area contributed by atoms with Crippen molar-refractivity contribution in [2.75, 3.05) is 18.9 Å². The maximum Gasteiger partial charge on any atom is 0.414 e. The summed E-state index contributed by atoms with van der Waals surface area (Å²) in [7, 11) is 0. The van der Waals surface area contributed by atoms with Crippen molar-refractivity contribution in [3.8, 4) is 5.75 Å². The topological polar surface area (TPSA) is 64.7 Å². The van der Waals surface area contributed by atoms with Crippen LogP contribution in [0.15, 0.2) is 24.3 Å². The van der Waals surface area contributed by atoms with Gasteiger partial charge in [0.05, 0.1) is 6.61 Å². The molecule has 7 heteroatoms. The van der Waals surface area contributed by atoms with Crippen LogP contribution in [0.1, 0.15) is 6.92 Å². The van der Waals surface area contributed by atoms with Gasteiger partial charge in [0.25, 0.3) is 0 Å². The Hall–Kier alpha value is -1.47. The number of aliphatic hydroxyl groups is 1. The number of anilines is 1. The lowest BCUT2D eigenvalue weighted by Crippen LogP contribution is -2.33. The first-order chi connectivity index (χ1) is 8.79. The number of nitrogen functional groups attached to an aromatic ring is 1. The van der Waals surface area contributed by atoms with Gasteiger partial charge in [-0.3, -0.25) is 0 Å². The zero-order valence-corrected chi connectivity index (χ0v) is 10.4. The number of hydrogen-bond acceptors (Lipinski definition) is 4. The zero-order chi connectivity index (χ0) is 14.5. The van der Waals surface area contributed by atoms with E-state index in [-0.39, 0.29) is 6.61 Å². The SMILES string of the molecule is CC(OCC(O)COc1ccc(N)cc1)C(F)(F)F. The van der Waals surface area contributed by atoms with Gasteiger partial charge in [-0.25, -0.2) is 0 Å². The fraction of sp³-hybridized carbons (Fsp3) is 0.500. The van der Waals surface area contributed by atoms with Gasteiger partial charge in [-0.05, 0) is 31.2 Å². The second-order valence-corrected chi connectivity index (χ2v) is 4.05. The van der Waals surface area contributed by atoms with Gasteiger partial charge < -0.3 is 20.3 Å². The smallest absolute Gasteiger partial charge is 0.414 e. The standard InChI is InChI=1S/C12H16F3NO3/c1-8(12(13,14)15)18-6-10(17)7-19-11-4-2-9(16)3-5-11/h2-5,8,10,17H,6-7,16H2,1H3. The molecule has 0 spiro atoms. The first-order valence-electron chi connectivity index (χ1n) is 5.63. The van der Waals surface area contributed by atoms with Gasteiger partial charge in [-0.1, -0.05) is 0 Å². The van der Waals surface area contributed by atoms with E-state index in [1.165, 1.54) is 0 Å². The number of aliphatic hydroxyl groups excluding tert-OH is 1. The lowest BCUT2D eigenvalue weighted by atomic mass is 10.3. The lowest BCUT2D eigenvalue weighted by molar-refractivity contribution is -0.219. The highest BCUT2D eigenvalue weighted by Gasteiger charge is 2.37. The van der Waals surface area contributed by atoms with E-state index in [2.05, 4.69) is 4.74 Å². The molecule has 0 aromatic heterocycles. The molecule has 1 aromatic rings. The first-order valence-corrected chi connectivity index (χ1v) is 5.63. The zero-order valence-electron chi connectivity index (χ0n) is 10.4. The largest absolute Gasteiger partial charge is 0.491 e. The lowest BCUT2D eigenvalue weighted by Gasteiger charge is -2.19. The predicted octanol–water partition coefficient (Wildman–Crippen LogP) is 1.98. The highest BCUT2D eigenvalue weighted by molar-refractivity contribution is 5.41. The van der Waals surface area contributed by atoms with Gasteiger partial charge in [0.1, 0.15) is 18.5 Å². The number of nitrogens with two attached hydrogens (primary N) is 1. The van der Waals surface area contributed by atoms with Crippen molar-refractivity contribution in [1.82, 2.24) is 0 Å². The molecule has 0 radical (unpaired) electrons. The maximum absolute atomic E-state index is 12.1. The maximum atomic E-state index is 12.1. The Kier molecular flexibility index (Phi) is 5.44. The van der Waals surface area contributed by atoms with Crippen molar-refractivity contribution >= 4 is 5.69 Å². The van der Waals surface area contributed by atoms with Gasteiger partial charge in [0, 0.05) is 5.69 Å². The second kappa shape index (κ2) is 6.63. The fourth-order valence-electron chi connectivity index (χ4n) is 1.15. The molecule has 1 rings (SSSR count). The van der Waals surface area contributed by atoms with E-state index in [0.29, 0.717) is 11.4 Å². The predicted molar refractivity (Wildman–Crippen MR) is 63.8 cm³/mol. The molecule has 0 bridgehead atoms. The number of rotatable bonds is 6. The van der Waals surface area contributed by atoms with Crippen LogP contribution in [-0.2, 0) is 4.74 Å². The highest BCUT2D eigenvalue weighted by Crippen LogP contribution is 2.22. The summed E-state index contributed by atoms with van der Waals surface area (Å²) in [6, 6.07) is 6.43. The van der Waals surface area contributed by atoms with Crippen molar-refractivity contribution in [1.29, 1.82) is 0 Å². The average Bonchev–Trinajstić information content (AvgIpc) is 2.34. The summed E-state index contributed by atoms with van der Waals surface area (Å²) in [6.07, 6.45) is -7.49. The van der Waals surface area contributed by atoms with E-state index in [1.807, 2.05) is 0 Å². The Morgan fingerprint density at radius 2 is 1.79 bits per heavy atom. The summed E-state index contributed by atoms with van der Waals surface area (Å²) >= 11 is 0. The van der Waals surface area contributed by atoms with Crippen molar-refractivity contribution in [3.05, 3.63) is 24.3 Å². The van der Waals surface area contributed by atoms with Crippen LogP contribution in [0.4, 0.5) is 18.9 Å². The number of hydrogen-bond donors (Lipinski definition) is 2. The normalized spacial score (nSPS) is 15.0. The van der Waals surface area contributed by atoms with E-state index >= 15 is 0 Å². The van der Waals surface area contributed by atoms with Crippen molar-refractivity contribution in [2.24, 2.45) is 0 Å². The van der Waals surface area contributed by atoms with Crippen LogP contribution >= 0.6 is 0 Å². The molecule has 0 aliphatic heterocycles. The molecule has 0 amide bonds. The molecule has 2 atom stereocenters. The minimum absolute atomic E-state index is 0.158. The molecule has 4 nitrogen and oxygen atoms in total. The molecule has 1 aromatic carbocycles. The number of alkyl halides is 3. The molecule has 0 saturated carbocycles. The summed E-state index contributed by atoms with van der Waals surface area (Å²) in [5.41, 5.74) is 6.04. The molecule has 0 fully saturated rings. The Morgan fingerprint density at radius 3 is 2.32 bits per heavy atom. The summed E-state index contributed by atoms with van der Waals surface area (Å²) in [4.78, 5) is 0. The number of ether oxygens (including phenoxy) is 2. The monoisotopic (exact) mass is 279 g/mol. The molecule has 108 valence electrons. The third-order valence-corrected chi connectivity index (χ3v) is 2.32. The van der Waals surface area contributed by atoms with Crippen LogP contribution in [0.25, 0.3) is 0 Å². The van der Waals surface area contributed by atoms with Gasteiger partial charge in [0.2, 0.25) is 0 Å². The Balaban J connectivity index is 2.28. The first kappa shape index (κ1) is 15.6. The molecule has 0 aliphatic rings. The highest BCUT2D eigenvalue weighted by atomic mass is 19.4. The third kappa shape index (κ3) is 5.80. The van der Waals surface area contributed by atoms with E-state index in [1.54, 1.807) is 24.3 Å². The molecule has 19 heavy (non-hydrogen) atoms. The minimum Gasteiger partial charge on any atom is -0.491 e. The van der Waals surface area contributed by atoms with E-state index in [4.69, 9.17) is 10.5 Å². The van der Waals surface area contributed by atoms with Crippen LogP contribution < -0.4 is 10.5 Å². The van der Waals surface area contributed by atoms with Gasteiger partial charge in [0.15, 0.2) is 6.10 Å². The van der Waals surface area contributed by atoms with E-state index < -0.39 is 25.0 Å². The van der Waals surface area contributed by atoms with E-state index in [9.17, 15) is 18.3 Å². The fourth-order valence-corrected chi connectivity index (χ4v) is 1.15. The minimum atomic E-state index is -4.43. The number of benzene rings is 1. The van der Waals surface area contributed by atoms with Crippen LogP contribution in [0.3, 0.4) is 0 Å². The van der Waals surface area contributed by atoms with Crippen molar-refractivity contribution in [3.63, 3.8) is 0 Å². The molecule has 0 heterocycles. The number of halogens is 3. The average molecular weight is 279 g/mol. The summed E-state index contributed by atoms with van der Waals surface area (Å²) in [5.74, 6) is 0.470. The molecule has 3 N–H and O–H groups in total. The Labute approximate surface area is 108 Å². The molecular weight excluding hydrogens is 263 g/mol. The van der Waals surface area contributed by atoms with Crippen LogP contribution in [0, 0.1) is 0 Å². The van der Waals surface area contributed by atoms with Crippen LogP contribution in [-0.4, -0.2) is 36.7 Å².